The van der Waals surface area contributed by atoms with Gasteiger partial charge in [-0.3, -0.25) is 9.59 Å². The first-order valence-electron chi connectivity index (χ1n) is 8.75. The van der Waals surface area contributed by atoms with Crippen molar-refractivity contribution in [3.63, 3.8) is 0 Å². The van der Waals surface area contributed by atoms with Crippen LogP contribution in [0, 0.1) is 0 Å². The summed E-state index contributed by atoms with van der Waals surface area (Å²) < 4.78 is 2.11. The Morgan fingerprint density at radius 3 is 3.04 bits per heavy atom. The lowest BCUT2D eigenvalue weighted by atomic mass is 9.89. The molecular formula is C18H21N5O2. The maximum absolute atomic E-state index is 12.8. The van der Waals surface area contributed by atoms with Gasteiger partial charge in [-0.2, -0.15) is 0 Å². The molecule has 1 aromatic carbocycles. The number of fused-ring (bicyclic) bond motifs is 2. The highest BCUT2D eigenvalue weighted by Crippen LogP contribution is 2.32. The highest BCUT2D eigenvalue weighted by molar-refractivity contribution is 6.01. The van der Waals surface area contributed by atoms with Gasteiger partial charge in [0, 0.05) is 37.5 Å². The van der Waals surface area contributed by atoms with E-state index in [-0.39, 0.29) is 24.3 Å². The Bertz CT molecular complexity index is 815. The van der Waals surface area contributed by atoms with Gasteiger partial charge in [0.2, 0.25) is 11.8 Å². The molecule has 0 radical (unpaired) electrons. The molecule has 2 aromatic rings. The summed E-state index contributed by atoms with van der Waals surface area (Å²) in [5.74, 6) is 1.32. The Hall–Kier alpha value is -2.70. The van der Waals surface area contributed by atoms with Crippen LogP contribution in [0.3, 0.4) is 0 Å². The van der Waals surface area contributed by atoms with Crippen LogP contribution in [0.4, 0.5) is 5.69 Å². The number of anilines is 1. The molecule has 7 heteroatoms. The molecule has 0 saturated carbocycles. The number of hydrogen-bond acceptors (Lipinski definition) is 4. The average molecular weight is 339 g/mol. The minimum Gasteiger partial charge on any atom is -0.351 e. The van der Waals surface area contributed by atoms with Crippen LogP contribution in [0.15, 0.2) is 24.3 Å². The van der Waals surface area contributed by atoms with E-state index in [0.29, 0.717) is 6.54 Å². The minimum atomic E-state index is -0.432. The van der Waals surface area contributed by atoms with E-state index in [1.165, 1.54) is 0 Å². The lowest BCUT2D eigenvalue weighted by Gasteiger charge is -2.29. The monoisotopic (exact) mass is 339 g/mol. The van der Waals surface area contributed by atoms with Crippen molar-refractivity contribution >= 4 is 17.5 Å². The Kier molecular flexibility index (Phi) is 3.99. The zero-order valence-corrected chi connectivity index (χ0v) is 14.2. The van der Waals surface area contributed by atoms with Crippen molar-refractivity contribution < 1.29 is 9.59 Å². The number of aromatic nitrogens is 3. The molecule has 4 rings (SSSR count). The van der Waals surface area contributed by atoms with E-state index in [2.05, 4.69) is 32.3 Å². The van der Waals surface area contributed by atoms with Crippen LogP contribution in [0.5, 0.6) is 0 Å². The third kappa shape index (κ3) is 2.90. The molecule has 0 aliphatic carbocycles. The van der Waals surface area contributed by atoms with Crippen molar-refractivity contribution in [2.75, 3.05) is 5.32 Å². The molecule has 0 saturated heterocycles. The van der Waals surface area contributed by atoms with Gasteiger partial charge in [0.25, 0.3) is 0 Å². The maximum Gasteiger partial charge on any atom is 0.228 e. The first kappa shape index (κ1) is 15.8. The van der Waals surface area contributed by atoms with Crippen molar-refractivity contribution in [2.45, 2.75) is 51.1 Å². The zero-order chi connectivity index (χ0) is 17.4. The molecule has 2 N–H and O–H groups in total. The van der Waals surface area contributed by atoms with Crippen molar-refractivity contribution in [3.8, 4) is 0 Å². The van der Waals surface area contributed by atoms with Gasteiger partial charge in [-0.15, -0.1) is 10.2 Å². The first-order valence-corrected chi connectivity index (χ1v) is 8.75. The number of nitrogens with one attached hydrogen (secondary N) is 2. The first-order chi connectivity index (χ1) is 12.2. The Morgan fingerprint density at radius 2 is 2.20 bits per heavy atom. The van der Waals surface area contributed by atoms with Gasteiger partial charge >= 0.3 is 0 Å². The van der Waals surface area contributed by atoms with E-state index in [1.54, 1.807) is 0 Å². The van der Waals surface area contributed by atoms with Crippen molar-refractivity contribution in [3.05, 3.63) is 41.5 Å². The second kappa shape index (κ2) is 6.31. The van der Waals surface area contributed by atoms with Crippen LogP contribution in [0.2, 0.25) is 0 Å². The van der Waals surface area contributed by atoms with Crippen molar-refractivity contribution in [1.82, 2.24) is 20.1 Å². The second-order valence-electron chi connectivity index (χ2n) is 6.63. The molecule has 130 valence electrons. The van der Waals surface area contributed by atoms with Crippen LogP contribution < -0.4 is 10.6 Å². The summed E-state index contributed by atoms with van der Waals surface area (Å²) in [5, 5.41) is 14.4. The molecule has 25 heavy (non-hydrogen) atoms. The zero-order valence-electron chi connectivity index (χ0n) is 14.2. The number of amides is 2. The normalized spacial score (nSPS) is 21.9. The largest absolute Gasteiger partial charge is 0.351 e. The van der Waals surface area contributed by atoms with E-state index in [0.717, 1.165) is 42.2 Å². The summed E-state index contributed by atoms with van der Waals surface area (Å²) in [6, 6.07) is 7.55. The summed E-state index contributed by atoms with van der Waals surface area (Å²) in [6.07, 6.45) is 2.66. The molecule has 2 unspecified atom stereocenters. The number of carbonyl (C=O) groups is 2. The van der Waals surface area contributed by atoms with Gasteiger partial charge in [0.05, 0.1) is 5.92 Å². The number of carbonyl (C=O) groups excluding carboxylic acids is 2. The molecule has 2 aliphatic heterocycles. The van der Waals surface area contributed by atoms with Crippen LogP contribution in [0.1, 0.15) is 42.9 Å². The van der Waals surface area contributed by atoms with E-state index in [9.17, 15) is 9.59 Å². The SMILES string of the molecule is CCc1nnc2n1CC(NC(=O)C1CC(=O)Nc3ccccc31)CC2. The molecule has 2 aliphatic rings. The van der Waals surface area contributed by atoms with Gasteiger partial charge in [0.15, 0.2) is 0 Å². The molecule has 3 heterocycles. The Labute approximate surface area is 145 Å². The molecular weight excluding hydrogens is 318 g/mol. The summed E-state index contributed by atoms with van der Waals surface area (Å²) >= 11 is 0. The topological polar surface area (TPSA) is 88.9 Å². The fourth-order valence-electron chi connectivity index (χ4n) is 3.71. The quantitative estimate of drug-likeness (QED) is 0.884. The summed E-state index contributed by atoms with van der Waals surface area (Å²) in [7, 11) is 0. The smallest absolute Gasteiger partial charge is 0.228 e. The summed E-state index contributed by atoms with van der Waals surface area (Å²) in [6.45, 7) is 2.74. The summed E-state index contributed by atoms with van der Waals surface area (Å²) in [5.41, 5.74) is 1.62. The molecule has 2 atom stereocenters. The van der Waals surface area contributed by atoms with E-state index < -0.39 is 5.92 Å². The van der Waals surface area contributed by atoms with E-state index >= 15 is 0 Å². The maximum atomic E-state index is 12.8. The molecule has 2 amide bonds. The second-order valence-corrected chi connectivity index (χ2v) is 6.63. The number of nitrogens with zero attached hydrogens (tertiary/aromatic N) is 3. The summed E-state index contributed by atoms with van der Waals surface area (Å²) in [4.78, 5) is 24.8. The molecule has 1 aromatic heterocycles. The van der Waals surface area contributed by atoms with Crippen LogP contribution in [0.25, 0.3) is 0 Å². The fourth-order valence-corrected chi connectivity index (χ4v) is 3.71. The van der Waals surface area contributed by atoms with Crippen LogP contribution in [-0.4, -0.2) is 32.6 Å². The van der Waals surface area contributed by atoms with Gasteiger partial charge in [-0.05, 0) is 18.1 Å². The number of para-hydroxylation sites is 1. The molecule has 0 bridgehead atoms. The van der Waals surface area contributed by atoms with Gasteiger partial charge in [-0.25, -0.2) is 0 Å². The number of benzene rings is 1. The lowest BCUT2D eigenvalue weighted by Crippen LogP contribution is -2.44. The number of aryl methyl sites for hydroxylation is 2. The predicted octanol–water partition coefficient (Wildman–Crippen LogP) is 1.40. The predicted molar refractivity (Wildman–Crippen MR) is 92.1 cm³/mol. The lowest BCUT2D eigenvalue weighted by molar-refractivity contribution is -0.127. The Balaban J connectivity index is 1.51. The van der Waals surface area contributed by atoms with Gasteiger partial charge < -0.3 is 15.2 Å². The highest BCUT2D eigenvalue weighted by atomic mass is 16.2. The van der Waals surface area contributed by atoms with Gasteiger partial charge in [-0.1, -0.05) is 25.1 Å². The average Bonchev–Trinajstić information content (AvgIpc) is 3.03. The van der Waals surface area contributed by atoms with E-state index in [1.807, 2.05) is 24.3 Å². The van der Waals surface area contributed by atoms with Crippen molar-refractivity contribution in [2.24, 2.45) is 0 Å². The number of hydrogen-bond donors (Lipinski definition) is 2. The third-order valence-electron chi connectivity index (χ3n) is 5.00. The van der Waals surface area contributed by atoms with Crippen LogP contribution in [-0.2, 0) is 29.0 Å². The third-order valence-corrected chi connectivity index (χ3v) is 5.00. The molecule has 7 nitrogen and oxygen atoms in total. The Morgan fingerprint density at radius 1 is 1.36 bits per heavy atom. The van der Waals surface area contributed by atoms with Gasteiger partial charge in [0.1, 0.15) is 11.6 Å². The standard InChI is InChI=1S/C18H21N5O2/c1-2-15-21-22-16-8-7-11(10-23(15)16)19-18(25)13-9-17(24)20-14-6-4-3-5-12(13)14/h3-6,11,13H,2,7-10H2,1H3,(H,19,25)(H,20,24). The van der Waals surface area contributed by atoms with Crippen molar-refractivity contribution in [1.29, 1.82) is 0 Å². The number of rotatable bonds is 3. The molecule has 0 fully saturated rings. The fraction of sp³-hybridized carbons (Fsp3) is 0.444. The highest BCUT2D eigenvalue weighted by Gasteiger charge is 2.32. The van der Waals surface area contributed by atoms with Crippen LogP contribution >= 0.6 is 0 Å². The molecule has 0 spiro atoms. The van der Waals surface area contributed by atoms with E-state index in [4.69, 9.17) is 0 Å². The minimum absolute atomic E-state index is 0.0402.